The number of aromatic nitrogens is 2. The van der Waals surface area contributed by atoms with Gasteiger partial charge in [-0.3, -0.25) is 20.6 Å². The van der Waals surface area contributed by atoms with Crippen molar-refractivity contribution in [3.63, 3.8) is 0 Å². The average Bonchev–Trinajstić information content (AvgIpc) is 3.42. The van der Waals surface area contributed by atoms with Crippen molar-refractivity contribution in [3.05, 3.63) is 96.0 Å². The molecule has 2 heterocycles. The van der Waals surface area contributed by atoms with E-state index in [4.69, 9.17) is 14.9 Å². The van der Waals surface area contributed by atoms with Crippen molar-refractivity contribution >= 4 is 28.3 Å². The molecule has 9 nitrogen and oxygen atoms in total. The van der Waals surface area contributed by atoms with Crippen LogP contribution in [-0.4, -0.2) is 45.0 Å². The monoisotopic (exact) mass is 469 g/mol. The van der Waals surface area contributed by atoms with Gasteiger partial charge in [-0.25, -0.2) is 4.98 Å². The Morgan fingerprint density at radius 3 is 2.43 bits per heavy atom. The second-order valence-corrected chi connectivity index (χ2v) is 7.93. The summed E-state index contributed by atoms with van der Waals surface area (Å²) in [5, 5.41) is 20.1. The molecule has 1 amide bonds. The standard InChI is InChI=1S/C26H23N5O4/c27-25-24(26-28-20-8-4-5-9-21(20)29-26)22(32)14-31(25)30-23(33)16-35-19-12-10-18(11-13-19)34-15-17-6-2-1-3-7-17/h1-13,27,32H,14-16H2,(H,28,29)(H,30,33). The first-order valence-electron chi connectivity index (χ1n) is 11.0. The van der Waals surface area contributed by atoms with Crippen LogP contribution in [-0.2, 0) is 11.4 Å². The molecule has 4 aromatic rings. The number of imidazole rings is 1. The Morgan fingerprint density at radius 2 is 1.69 bits per heavy atom. The molecule has 0 unspecified atom stereocenters. The summed E-state index contributed by atoms with van der Waals surface area (Å²) in [6.45, 7) is 0.168. The highest BCUT2D eigenvalue weighted by Crippen LogP contribution is 2.26. The fourth-order valence-corrected chi connectivity index (χ4v) is 3.70. The topological polar surface area (TPSA) is 124 Å². The number of amidine groups is 1. The maximum atomic E-state index is 12.4. The van der Waals surface area contributed by atoms with Gasteiger partial charge < -0.3 is 19.6 Å². The van der Waals surface area contributed by atoms with Crippen LogP contribution in [0, 0.1) is 5.41 Å². The lowest BCUT2D eigenvalue weighted by molar-refractivity contribution is -0.126. The summed E-state index contributed by atoms with van der Waals surface area (Å²) in [7, 11) is 0. The number of para-hydroxylation sites is 2. The molecule has 0 radical (unpaired) electrons. The number of nitrogens with zero attached hydrogens (tertiary/aromatic N) is 2. The molecule has 0 spiro atoms. The molecule has 0 saturated heterocycles. The Balaban J connectivity index is 1.13. The highest BCUT2D eigenvalue weighted by molar-refractivity contribution is 6.23. The number of hydrazine groups is 1. The summed E-state index contributed by atoms with van der Waals surface area (Å²) in [4.78, 5) is 19.9. The Bertz CT molecular complexity index is 1360. The summed E-state index contributed by atoms with van der Waals surface area (Å²) < 4.78 is 11.3. The first-order chi connectivity index (χ1) is 17.1. The number of carbonyl (C=O) groups is 1. The van der Waals surface area contributed by atoms with Gasteiger partial charge in [-0.1, -0.05) is 42.5 Å². The molecule has 0 bridgehead atoms. The molecule has 1 aliphatic heterocycles. The van der Waals surface area contributed by atoms with E-state index in [1.54, 1.807) is 24.3 Å². The fraction of sp³-hybridized carbons (Fsp3) is 0.115. The molecule has 0 saturated carbocycles. The second kappa shape index (κ2) is 9.60. The van der Waals surface area contributed by atoms with E-state index in [-0.39, 0.29) is 30.3 Å². The zero-order chi connectivity index (χ0) is 24.2. The number of benzene rings is 3. The van der Waals surface area contributed by atoms with Gasteiger partial charge >= 0.3 is 0 Å². The predicted octanol–water partition coefficient (Wildman–Crippen LogP) is 3.81. The van der Waals surface area contributed by atoms with E-state index in [0.29, 0.717) is 23.9 Å². The van der Waals surface area contributed by atoms with Crippen molar-refractivity contribution in [1.82, 2.24) is 20.4 Å². The van der Waals surface area contributed by atoms with Crippen LogP contribution in [0.3, 0.4) is 0 Å². The molecular weight excluding hydrogens is 446 g/mol. The third-order valence-electron chi connectivity index (χ3n) is 5.43. The number of H-pyrrole nitrogens is 1. The van der Waals surface area contributed by atoms with E-state index >= 15 is 0 Å². The van der Waals surface area contributed by atoms with Crippen LogP contribution in [0.4, 0.5) is 0 Å². The highest BCUT2D eigenvalue weighted by atomic mass is 16.5. The van der Waals surface area contributed by atoms with E-state index < -0.39 is 5.91 Å². The first kappa shape index (κ1) is 22.0. The van der Waals surface area contributed by atoms with Crippen LogP contribution in [0.2, 0.25) is 0 Å². The lowest BCUT2D eigenvalue weighted by atomic mass is 10.2. The van der Waals surface area contributed by atoms with Gasteiger partial charge in [0.25, 0.3) is 5.91 Å². The summed E-state index contributed by atoms with van der Waals surface area (Å²) in [6.07, 6.45) is 0. The zero-order valence-corrected chi connectivity index (χ0v) is 18.7. The molecule has 0 fully saturated rings. The molecule has 0 aliphatic carbocycles. The summed E-state index contributed by atoms with van der Waals surface area (Å²) in [5.41, 5.74) is 5.42. The van der Waals surface area contributed by atoms with Crippen molar-refractivity contribution < 1.29 is 19.4 Å². The number of aliphatic hydroxyl groups is 1. The summed E-state index contributed by atoms with van der Waals surface area (Å²) in [6, 6.07) is 24.3. The SMILES string of the molecule is N=C1C(c2nc3ccccc3[nH]2)=C(O)CN1NC(=O)COc1ccc(OCc2ccccc2)cc1. The maximum Gasteiger partial charge on any atom is 0.276 e. The first-order valence-corrected chi connectivity index (χ1v) is 11.0. The Hall–Kier alpha value is -4.79. The van der Waals surface area contributed by atoms with Crippen molar-refractivity contribution in [2.75, 3.05) is 13.2 Å². The normalized spacial score (nSPS) is 13.4. The van der Waals surface area contributed by atoms with Crippen LogP contribution in [0.25, 0.3) is 16.6 Å². The number of aromatic amines is 1. The van der Waals surface area contributed by atoms with Gasteiger partial charge in [0, 0.05) is 0 Å². The van der Waals surface area contributed by atoms with Gasteiger partial charge in [-0.05, 0) is 42.0 Å². The molecule has 9 heteroatoms. The van der Waals surface area contributed by atoms with Gasteiger partial charge in [0.15, 0.2) is 12.4 Å². The average molecular weight is 470 g/mol. The number of carbonyl (C=O) groups excluding carboxylic acids is 1. The van der Waals surface area contributed by atoms with Gasteiger partial charge in [0.05, 0.1) is 17.6 Å². The van der Waals surface area contributed by atoms with Gasteiger partial charge in [0.2, 0.25) is 0 Å². The maximum absolute atomic E-state index is 12.4. The molecular formula is C26H23N5O4. The number of amides is 1. The Morgan fingerprint density at radius 1 is 1.00 bits per heavy atom. The van der Waals surface area contributed by atoms with E-state index in [1.807, 2.05) is 54.6 Å². The number of hydrogen-bond acceptors (Lipinski definition) is 6. The minimum Gasteiger partial charge on any atom is -0.509 e. The van der Waals surface area contributed by atoms with Crippen molar-refractivity contribution in [1.29, 1.82) is 5.41 Å². The molecule has 4 N–H and O–H groups in total. The Kier molecular flexibility index (Phi) is 6.04. The minimum atomic E-state index is -0.460. The third kappa shape index (κ3) is 4.93. The van der Waals surface area contributed by atoms with Crippen LogP contribution >= 0.6 is 0 Å². The van der Waals surface area contributed by atoms with E-state index in [2.05, 4.69) is 15.4 Å². The lowest BCUT2D eigenvalue weighted by Crippen LogP contribution is -2.45. The number of fused-ring (bicyclic) bond motifs is 1. The molecule has 35 heavy (non-hydrogen) atoms. The molecule has 176 valence electrons. The van der Waals surface area contributed by atoms with Crippen LogP contribution < -0.4 is 14.9 Å². The van der Waals surface area contributed by atoms with Crippen molar-refractivity contribution in [2.45, 2.75) is 6.61 Å². The third-order valence-corrected chi connectivity index (χ3v) is 5.43. The van der Waals surface area contributed by atoms with E-state index in [1.165, 1.54) is 5.01 Å². The van der Waals surface area contributed by atoms with Gasteiger partial charge in [-0.2, -0.15) is 0 Å². The number of aliphatic hydroxyl groups excluding tert-OH is 1. The lowest BCUT2D eigenvalue weighted by Gasteiger charge is -2.19. The molecule has 1 aliphatic rings. The second-order valence-electron chi connectivity index (χ2n) is 7.93. The van der Waals surface area contributed by atoms with Crippen LogP contribution in [0.5, 0.6) is 11.5 Å². The fourth-order valence-electron chi connectivity index (χ4n) is 3.70. The number of rotatable bonds is 8. The number of ether oxygens (including phenoxy) is 2. The zero-order valence-electron chi connectivity index (χ0n) is 18.7. The smallest absolute Gasteiger partial charge is 0.276 e. The molecule has 5 rings (SSSR count). The van der Waals surface area contributed by atoms with E-state index in [0.717, 1.165) is 16.6 Å². The summed E-state index contributed by atoms with van der Waals surface area (Å²) >= 11 is 0. The number of nitrogens with one attached hydrogen (secondary N) is 3. The van der Waals surface area contributed by atoms with E-state index in [9.17, 15) is 9.90 Å². The van der Waals surface area contributed by atoms with Crippen LogP contribution in [0.15, 0.2) is 84.6 Å². The van der Waals surface area contributed by atoms with Gasteiger partial charge in [-0.15, -0.1) is 0 Å². The molecule has 3 aromatic carbocycles. The van der Waals surface area contributed by atoms with Crippen molar-refractivity contribution in [2.24, 2.45) is 0 Å². The Labute approximate surface area is 201 Å². The van der Waals surface area contributed by atoms with Crippen LogP contribution in [0.1, 0.15) is 11.4 Å². The minimum absolute atomic E-state index is 0.0373. The quantitative estimate of drug-likeness (QED) is 0.311. The van der Waals surface area contributed by atoms with Gasteiger partial charge in [0.1, 0.15) is 35.3 Å². The predicted molar refractivity (Wildman–Crippen MR) is 131 cm³/mol. The summed E-state index contributed by atoms with van der Waals surface area (Å²) in [5.74, 6) is 0.994. The number of hydrogen-bond donors (Lipinski definition) is 4. The molecule has 0 atom stereocenters. The molecule has 1 aromatic heterocycles. The largest absolute Gasteiger partial charge is 0.509 e. The van der Waals surface area contributed by atoms with Crippen molar-refractivity contribution in [3.8, 4) is 11.5 Å². The highest BCUT2D eigenvalue weighted by Gasteiger charge is 2.31.